The highest BCUT2D eigenvalue weighted by Crippen LogP contribution is 2.15. The van der Waals surface area contributed by atoms with Gasteiger partial charge in [-0.25, -0.2) is 14.7 Å². The van der Waals surface area contributed by atoms with E-state index < -0.39 is 11.9 Å². The van der Waals surface area contributed by atoms with Crippen molar-refractivity contribution in [3.8, 4) is 0 Å². The van der Waals surface area contributed by atoms with Crippen molar-refractivity contribution in [1.29, 1.82) is 0 Å². The van der Waals surface area contributed by atoms with Crippen LogP contribution in [0.3, 0.4) is 0 Å². The number of H-pyrrole nitrogens is 1. The van der Waals surface area contributed by atoms with Gasteiger partial charge in [0.15, 0.2) is 5.16 Å². The molecule has 0 bridgehead atoms. The molecule has 26 heavy (non-hydrogen) atoms. The Hall–Kier alpha value is -2.55. The summed E-state index contributed by atoms with van der Waals surface area (Å²) < 4.78 is 1.50. The fourth-order valence-electron chi connectivity index (χ4n) is 2.20. The number of anilines is 1. The highest BCUT2D eigenvalue weighted by atomic mass is 32.2. The van der Waals surface area contributed by atoms with Crippen LogP contribution in [-0.2, 0) is 11.3 Å². The van der Waals surface area contributed by atoms with E-state index in [9.17, 15) is 14.4 Å². The number of carbonyl (C=O) groups excluding carboxylic acids is 2. The fraction of sp³-hybridized carbons (Fsp3) is 0.412. The van der Waals surface area contributed by atoms with Crippen molar-refractivity contribution in [2.45, 2.75) is 45.3 Å². The van der Waals surface area contributed by atoms with Gasteiger partial charge in [-0.1, -0.05) is 31.2 Å². The van der Waals surface area contributed by atoms with Gasteiger partial charge in [0, 0.05) is 12.2 Å². The Morgan fingerprint density at radius 1 is 1.27 bits per heavy atom. The summed E-state index contributed by atoms with van der Waals surface area (Å²) in [5.41, 5.74) is 2.49. The monoisotopic (exact) mass is 377 g/mol. The summed E-state index contributed by atoms with van der Waals surface area (Å²) in [4.78, 5) is 35.6. The van der Waals surface area contributed by atoms with Gasteiger partial charge in [0.05, 0.1) is 5.75 Å². The number of unbranched alkanes of at least 4 members (excludes halogenated alkanes) is 1. The van der Waals surface area contributed by atoms with Gasteiger partial charge in [0.25, 0.3) is 0 Å². The van der Waals surface area contributed by atoms with Gasteiger partial charge in [0.1, 0.15) is 0 Å². The molecule has 0 atom stereocenters. The second kappa shape index (κ2) is 9.23. The summed E-state index contributed by atoms with van der Waals surface area (Å²) in [5, 5.41) is 11.6. The smallest absolute Gasteiger partial charge is 0.308 e. The first kappa shape index (κ1) is 19.8. The molecule has 0 radical (unpaired) electrons. The van der Waals surface area contributed by atoms with Crippen molar-refractivity contribution < 1.29 is 9.59 Å². The molecule has 140 valence electrons. The van der Waals surface area contributed by atoms with E-state index in [-0.39, 0.29) is 11.4 Å². The van der Waals surface area contributed by atoms with Crippen LogP contribution in [0.2, 0.25) is 0 Å². The molecule has 0 saturated carbocycles. The number of aromatic amines is 1. The van der Waals surface area contributed by atoms with E-state index in [1.165, 1.54) is 4.57 Å². The van der Waals surface area contributed by atoms with Crippen LogP contribution in [0.25, 0.3) is 0 Å². The summed E-state index contributed by atoms with van der Waals surface area (Å²) in [6.07, 6.45) is 1.79. The first-order chi connectivity index (χ1) is 12.4. The Labute approximate surface area is 155 Å². The topological polar surface area (TPSA) is 109 Å². The van der Waals surface area contributed by atoms with Crippen molar-refractivity contribution >= 4 is 29.4 Å². The largest absolute Gasteiger partial charge is 0.343 e. The van der Waals surface area contributed by atoms with Crippen molar-refractivity contribution in [2.75, 3.05) is 11.1 Å². The summed E-state index contributed by atoms with van der Waals surface area (Å²) in [5.74, 6) is -0.481. The number of aromatic nitrogens is 3. The lowest BCUT2D eigenvalue weighted by atomic mass is 10.1. The number of nitrogens with one attached hydrogen (secondary N) is 3. The molecule has 1 aromatic carbocycles. The molecular formula is C17H23N5O3S. The third-order valence-corrected chi connectivity index (χ3v) is 4.79. The average molecular weight is 377 g/mol. The van der Waals surface area contributed by atoms with Gasteiger partial charge >= 0.3 is 11.7 Å². The second-order valence-corrected chi connectivity index (χ2v) is 6.85. The lowest BCUT2D eigenvalue weighted by Crippen LogP contribution is -2.35. The van der Waals surface area contributed by atoms with Crippen molar-refractivity contribution in [3.63, 3.8) is 0 Å². The lowest BCUT2D eigenvalue weighted by Gasteiger charge is -2.08. The number of hydrogen-bond donors (Lipinski definition) is 3. The van der Waals surface area contributed by atoms with Crippen molar-refractivity contribution in [3.05, 3.63) is 39.8 Å². The van der Waals surface area contributed by atoms with Crippen molar-refractivity contribution in [1.82, 2.24) is 20.1 Å². The fourth-order valence-corrected chi connectivity index (χ4v) is 2.97. The Morgan fingerprint density at radius 3 is 2.73 bits per heavy atom. The Kier molecular flexibility index (Phi) is 7.02. The molecule has 8 nitrogen and oxygen atoms in total. The van der Waals surface area contributed by atoms with E-state index in [1.54, 1.807) is 6.07 Å². The number of rotatable bonds is 7. The molecule has 3 amide bonds. The van der Waals surface area contributed by atoms with Crippen LogP contribution in [0.4, 0.5) is 10.5 Å². The number of benzene rings is 1. The zero-order valence-corrected chi connectivity index (χ0v) is 15.9. The maximum atomic E-state index is 12.0. The van der Waals surface area contributed by atoms with Gasteiger partial charge in [-0.05, 0) is 43.5 Å². The van der Waals surface area contributed by atoms with E-state index in [4.69, 9.17) is 0 Å². The molecule has 0 spiro atoms. The molecular weight excluding hydrogens is 354 g/mol. The minimum Gasteiger partial charge on any atom is -0.308 e. The minimum atomic E-state index is -0.593. The molecule has 0 fully saturated rings. The van der Waals surface area contributed by atoms with Crippen LogP contribution in [-0.4, -0.2) is 32.5 Å². The highest BCUT2D eigenvalue weighted by Gasteiger charge is 2.13. The quantitative estimate of drug-likeness (QED) is 0.642. The number of aryl methyl sites for hydroxylation is 2. The van der Waals surface area contributed by atoms with Gasteiger partial charge in [0.2, 0.25) is 5.91 Å². The third-order valence-electron chi connectivity index (χ3n) is 3.81. The van der Waals surface area contributed by atoms with E-state index in [0.717, 1.165) is 35.7 Å². The standard InChI is InChI=1S/C17H23N5O3S/c1-4-5-8-22-16(25)20-21-17(22)26-10-14(23)19-15(24)18-13-7-6-11(2)12(3)9-13/h6-7,9H,4-5,8,10H2,1-3H3,(H,20,25)(H2,18,19,23,24). The van der Waals surface area contributed by atoms with E-state index in [1.807, 2.05) is 32.9 Å². The molecule has 9 heteroatoms. The predicted molar refractivity (Wildman–Crippen MR) is 102 cm³/mol. The van der Waals surface area contributed by atoms with Gasteiger partial charge < -0.3 is 5.32 Å². The molecule has 1 aromatic heterocycles. The molecule has 3 N–H and O–H groups in total. The zero-order valence-electron chi connectivity index (χ0n) is 15.1. The molecule has 0 aliphatic rings. The second-order valence-electron chi connectivity index (χ2n) is 5.91. The first-order valence-corrected chi connectivity index (χ1v) is 9.35. The Bertz CT molecular complexity index is 843. The lowest BCUT2D eigenvalue weighted by molar-refractivity contribution is -0.117. The van der Waals surface area contributed by atoms with Crippen LogP contribution < -0.4 is 16.3 Å². The maximum absolute atomic E-state index is 12.0. The van der Waals surface area contributed by atoms with Gasteiger partial charge in [-0.2, -0.15) is 0 Å². The number of imide groups is 1. The molecule has 0 saturated heterocycles. The van der Waals surface area contributed by atoms with Crippen LogP contribution in [0, 0.1) is 13.8 Å². The number of amides is 3. The number of nitrogens with zero attached hydrogens (tertiary/aromatic N) is 2. The van der Waals surface area contributed by atoms with Gasteiger partial charge in [-0.15, -0.1) is 5.10 Å². The Morgan fingerprint density at radius 2 is 2.04 bits per heavy atom. The van der Waals surface area contributed by atoms with Crippen molar-refractivity contribution in [2.24, 2.45) is 0 Å². The maximum Gasteiger partial charge on any atom is 0.343 e. The predicted octanol–water partition coefficient (Wildman–Crippen LogP) is 2.43. The normalized spacial score (nSPS) is 10.6. The summed E-state index contributed by atoms with van der Waals surface area (Å²) in [7, 11) is 0. The highest BCUT2D eigenvalue weighted by molar-refractivity contribution is 7.99. The van der Waals surface area contributed by atoms with Gasteiger partial charge in [-0.3, -0.25) is 14.7 Å². The van der Waals surface area contributed by atoms with Crippen LogP contribution in [0.15, 0.2) is 28.2 Å². The minimum absolute atomic E-state index is 0.0171. The van der Waals surface area contributed by atoms with E-state index in [0.29, 0.717) is 17.4 Å². The number of carbonyl (C=O) groups is 2. The summed E-state index contributed by atoms with van der Waals surface area (Å²) in [6, 6.07) is 4.92. The molecule has 0 unspecified atom stereocenters. The van der Waals surface area contributed by atoms with E-state index in [2.05, 4.69) is 20.8 Å². The number of hydrogen-bond acceptors (Lipinski definition) is 5. The SMILES string of the molecule is CCCCn1c(SCC(=O)NC(=O)Nc2ccc(C)c(C)c2)n[nH]c1=O. The molecule has 1 heterocycles. The molecule has 2 rings (SSSR count). The summed E-state index contributed by atoms with van der Waals surface area (Å²) >= 11 is 1.11. The van der Waals surface area contributed by atoms with E-state index >= 15 is 0 Å². The number of thioether (sulfide) groups is 1. The summed E-state index contributed by atoms with van der Waals surface area (Å²) in [6.45, 7) is 6.50. The van der Waals surface area contributed by atoms with Crippen LogP contribution in [0.1, 0.15) is 30.9 Å². The average Bonchev–Trinajstić information content (AvgIpc) is 2.94. The molecule has 0 aliphatic carbocycles. The third kappa shape index (κ3) is 5.48. The number of urea groups is 1. The molecule has 2 aromatic rings. The zero-order chi connectivity index (χ0) is 19.1. The van der Waals surface area contributed by atoms with Crippen LogP contribution >= 0.6 is 11.8 Å². The van der Waals surface area contributed by atoms with Crippen LogP contribution in [0.5, 0.6) is 0 Å². The first-order valence-electron chi connectivity index (χ1n) is 8.36. The Balaban J connectivity index is 1.86. The molecule has 0 aliphatic heterocycles.